The van der Waals surface area contributed by atoms with Crippen LogP contribution >= 0.6 is 11.3 Å². The fraction of sp³-hybridized carbons (Fsp3) is 0.333. The van der Waals surface area contributed by atoms with Gasteiger partial charge in [0.2, 0.25) is 4.80 Å². The lowest BCUT2D eigenvalue weighted by Gasteiger charge is -2.12. The summed E-state index contributed by atoms with van der Waals surface area (Å²) in [6.45, 7) is 6.40. The SMILES string of the molecule is C=C(C)CN=c1scc(-c2ccccc2F)n1N=CC1CC2C=CC1C2. The van der Waals surface area contributed by atoms with Crippen molar-refractivity contribution in [1.29, 1.82) is 0 Å². The Hall–Kier alpha value is -2.27. The molecule has 0 aliphatic heterocycles. The number of rotatable bonds is 5. The van der Waals surface area contributed by atoms with Gasteiger partial charge in [-0.25, -0.2) is 9.07 Å². The zero-order chi connectivity index (χ0) is 18.1. The number of fused-ring (bicyclic) bond motifs is 2. The van der Waals surface area contributed by atoms with Gasteiger partial charge >= 0.3 is 0 Å². The summed E-state index contributed by atoms with van der Waals surface area (Å²) < 4.78 is 16.1. The summed E-state index contributed by atoms with van der Waals surface area (Å²) in [5.41, 5.74) is 2.27. The van der Waals surface area contributed by atoms with Gasteiger partial charge in [-0.15, -0.1) is 11.3 Å². The van der Waals surface area contributed by atoms with Crippen molar-refractivity contribution in [3.8, 4) is 11.3 Å². The molecule has 2 aliphatic carbocycles. The third kappa shape index (κ3) is 3.36. The van der Waals surface area contributed by atoms with E-state index in [1.54, 1.807) is 16.8 Å². The van der Waals surface area contributed by atoms with Crippen molar-refractivity contribution >= 4 is 17.6 Å². The topological polar surface area (TPSA) is 29.6 Å². The first kappa shape index (κ1) is 17.2. The number of thiazole rings is 1. The van der Waals surface area contributed by atoms with E-state index in [2.05, 4.69) is 23.7 Å². The molecule has 0 N–H and O–H groups in total. The molecule has 3 atom stereocenters. The van der Waals surface area contributed by atoms with Crippen LogP contribution in [0.25, 0.3) is 11.3 Å². The number of hydrogen-bond acceptors (Lipinski definition) is 3. The van der Waals surface area contributed by atoms with Crippen molar-refractivity contribution in [2.45, 2.75) is 19.8 Å². The van der Waals surface area contributed by atoms with Crippen LogP contribution in [0.4, 0.5) is 4.39 Å². The minimum Gasteiger partial charge on any atom is -0.253 e. The number of hydrogen-bond donors (Lipinski definition) is 0. The van der Waals surface area contributed by atoms with Crippen LogP contribution in [0.15, 0.2) is 64.0 Å². The summed E-state index contributed by atoms with van der Waals surface area (Å²) in [6.07, 6.45) is 9.06. The molecule has 1 saturated carbocycles. The Kier molecular flexibility index (Phi) is 4.72. The minimum absolute atomic E-state index is 0.247. The van der Waals surface area contributed by atoms with Gasteiger partial charge in [0.15, 0.2) is 0 Å². The van der Waals surface area contributed by atoms with Gasteiger partial charge in [0.25, 0.3) is 0 Å². The maximum atomic E-state index is 14.3. The molecule has 3 nitrogen and oxygen atoms in total. The van der Waals surface area contributed by atoms with Gasteiger partial charge in [-0.1, -0.05) is 36.4 Å². The molecule has 1 aromatic heterocycles. The molecule has 0 radical (unpaired) electrons. The summed E-state index contributed by atoms with van der Waals surface area (Å²) in [5, 5.41) is 6.66. The predicted octanol–water partition coefficient (Wildman–Crippen LogP) is 4.88. The van der Waals surface area contributed by atoms with Crippen LogP contribution < -0.4 is 4.80 Å². The molecule has 0 amide bonds. The lowest BCUT2D eigenvalue weighted by Crippen LogP contribution is -2.16. The molecule has 1 aromatic carbocycles. The van der Waals surface area contributed by atoms with E-state index in [4.69, 9.17) is 5.10 Å². The van der Waals surface area contributed by atoms with E-state index < -0.39 is 0 Å². The zero-order valence-corrected chi connectivity index (χ0v) is 15.6. The summed E-state index contributed by atoms with van der Waals surface area (Å²) in [7, 11) is 0. The Morgan fingerprint density at radius 2 is 2.19 bits per heavy atom. The molecule has 1 fully saturated rings. The second-order valence-corrected chi connectivity index (χ2v) is 8.01. The first-order valence-corrected chi connectivity index (χ1v) is 9.83. The molecule has 5 heteroatoms. The number of halogens is 1. The van der Waals surface area contributed by atoms with Crippen LogP contribution in [0.2, 0.25) is 0 Å². The van der Waals surface area contributed by atoms with Crippen LogP contribution in [0, 0.1) is 23.6 Å². The normalized spacial score (nSPS) is 24.8. The third-order valence-electron chi connectivity index (χ3n) is 5.02. The minimum atomic E-state index is -0.247. The van der Waals surface area contributed by atoms with Gasteiger partial charge in [-0.2, -0.15) is 5.10 Å². The lowest BCUT2D eigenvalue weighted by molar-refractivity contribution is 0.589. The van der Waals surface area contributed by atoms with E-state index in [-0.39, 0.29) is 5.82 Å². The summed E-state index contributed by atoms with van der Waals surface area (Å²) in [6, 6.07) is 6.81. The third-order valence-corrected chi connectivity index (χ3v) is 5.88. The van der Waals surface area contributed by atoms with E-state index in [0.717, 1.165) is 22.5 Å². The highest BCUT2D eigenvalue weighted by atomic mass is 32.1. The number of aromatic nitrogens is 1. The number of nitrogens with zero attached hydrogens (tertiary/aromatic N) is 3. The maximum Gasteiger partial charge on any atom is 0.206 e. The predicted molar refractivity (Wildman–Crippen MR) is 106 cm³/mol. The molecular weight excluding hydrogens is 345 g/mol. The van der Waals surface area contributed by atoms with Gasteiger partial charge in [0.1, 0.15) is 5.82 Å². The summed E-state index contributed by atoms with van der Waals surface area (Å²) in [5.74, 6) is 1.50. The van der Waals surface area contributed by atoms with Gasteiger partial charge < -0.3 is 0 Å². The monoisotopic (exact) mass is 367 g/mol. The van der Waals surface area contributed by atoms with Crippen molar-refractivity contribution in [2.24, 2.45) is 27.8 Å². The zero-order valence-electron chi connectivity index (χ0n) is 14.8. The molecule has 0 saturated heterocycles. The van der Waals surface area contributed by atoms with E-state index in [9.17, 15) is 4.39 Å². The Balaban J connectivity index is 1.73. The van der Waals surface area contributed by atoms with Crippen molar-refractivity contribution < 1.29 is 4.39 Å². The maximum absolute atomic E-state index is 14.3. The van der Waals surface area contributed by atoms with Gasteiger partial charge in [0.05, 0.1) is 12.2 Å². The molecule has 134 valence electrons. The van der Waals surface area contributed by atoms with E-state index in [1.165, 1.54) is 23.8 Å². The average molecular weight is 367 g/mol. The highest BCUT2D eigenvalue weighted by Crippen LogP contribution is 2.42. The van der Waals surface area contributed by atoms with Crippen LogP contribution in [-0.2, 0) is 0 Å². The Morgan fingerprint density at radius 1 is 1.35 bits per heavy atom. The molecule has 1 heterocycles. The van der Waals surface area contributed by atoms with Crippen molar-refractivity contribution in [2.75, 3.05) is 6.54 Å². The van der Waals surface area contributed by atoms with Crippen LogP contribution in [0.1, 0.15) is 19.8 Å². The second-order valence-electron chi connectivity index (χ2n) is 7.18. The van der Waals surface area contributed by atoms with Crippen LogP contribution in [0.5, 0.6) is 0 Å². The van der Waals surface area contributed by atoms with E-state index in [0.29, 0.717) is 29.9 Å². The summed E-state index contributed by atoms with van der Waals surface area (Å²) in [4.78, 5) is 5.37. The Labute approximate surface area is 156 Å². The highest BCUT2D eigenvalue weighted by Gasteiger charge is 2.34. The highest BCUT2D eigenvalue weighted by molar-refractivity contribution is 7.07. The average Bonchev–Trinajstić information content (AvgIpc) is 3.34. The van der Waals surface area contributed by atoms with Gasteiger partial charge in [0, 0.05) is 23.1 Å². The van der Waals surface area contributed by atoms with Crippen molar-refractivity contribution in [1.82, 2.24) is 4.68 Å². The first-order valence-electron chi connectivity index (χ1n) is 8.95. The molecule has 2 bridgehead atoms. The molecule has 26 heavy (non-hydrogen) atoms. The molecule has 3 unspecified atom stereocenters. The van der Waals surface area contributed by atoms with Gasteiger partial charge in [-0.3, -0.25) is 4.99 Å². The molecule has 4 rings (SSSR count). The quantitative estimate of drug-likeness (QED) is 0.533. The Morgan fingerprint density at radius 3 is 2.88 bits per heavy atom. The van der Waals surface area contributed by atoms with Gasteiger partial charge in [-0.05, 0) is 43.7 Å². The molecule has 2 aliphatic rings. The van der Waals surface area contributed by atoms with Crippen molar-refractivity contribution in [3.05, 3.63) is 64.6 Å². The molecule has 0 spiro atoms. The number of allylic oxidation sites excluding steroid dienone is 2. The Bertz CT molecular complexity index is 950. The van der Waals surface area contributed by atoms with Crippen LogP contribution in [0.3, 0.4) is 0 Å². The largest absolute Gasteiger partial charge is 0.253 e. The molecule has 2 aromatic rings. The van der Waals surface area contributed by atoms with E-state index in [1.807, 2.05) is 24.6 Å². The van der Waals surface area contributed by atoms with E-state index >= 15 is 0 Å². The second kappa shape index (κ2) is 7.16. The summed E-state index contributed by atoms with van der Waals surface area (Å²) >= 11 is 1.48. The fourth-order valence-electron chi connectivity index (χ4n) is 3.72. The van der Waals surface area contributed by atoms with Crippen molar-refractivity contribution in [3.63, 3.8) is 0 Å². The van der Waals surface area contributed by atoms with Crippen LogP contribution in [-0.4, -0.2) is 17.4 Å². The smallest absolute Gasteiger partial charge is 0.206 e. The molecular formula is C21H22FN3S. The number of benzene rings is 1. The standard InChI is InChI=1S/C21H22FN3S/c1-14(2)11-23-21-25(24-12-17-10-15-7-8-16(17)9-15)20(13-26-21)18-5-3-4-6-19(18)22/h3-8,12-13,15-17H,1,9-11H2,2H3. The fourth-order valence-corrected chi connectivity index (χ4v) is 4.55. The lowest BCUT2D eigenvalue weighted by atomic mass is 9.95. The first-order chi connectivity index (χ1) is 12.6.